The predicted molar refractivity (Wildman–Crippen MR) is 80.6 cm³/mol. The lowest BCUT2D eigenvalue weighted by Gasteiger charge is -2.07. The summed E-state index contributed by atoms with van der Waals surface area (Å²) >= 11 is 0. The van der Waals surface area contributed by atoms with E-state index in [1.807, 2.05) is 31.2 Å². The Hall–Kier alpha value is -2.08. The van der Waals surface area contributed by atoms with E-state index in [9.17, 15) is 0 Å². The van der Waals surface area contributed by atoms with Gasteiger partial charge in [0.2, 0.25) is 0 Å². The molecule has 0 bridgehead atoms. The summed E-state index contributed by atoms with van der Waals surface area (Å²) < 4.78 is 10.6. The van der Waals surface area contributed by atoms with E-state index < -0.39 is 0 Å². The summed E-state index contributed by atoms with van der Waals surface area (Å²) in [5.41, 5.74) is 1.86. The van der Waals surface area contributed by atoms with Crippen LogP contribution in [-0.2, 0) is 11.3 Å². The zero-order valence-corrected chi connectivity index (χ0v) is 12.5. The Labute approximate surface area is 124 Å². The second kappa shape index (κ2) is 9.77. The SMILES string of the molecule is CCC(=N/O)/C(CCCOCc1ccc(OC)cc1)=N\O. The van der Waals surface area contributed by atoms with Crippen molar-refractivity contribution in [3.8, 4) is 5.75 Å². The number of hydrogen-bond acceptors (Lipinski definition) is 6. The normalized spacial score (nSPS) is 12.5. The summed E-state index contributed by atoms with van der Waals surface area (Å²) in [5, 5.41) is 23.9. The highest BCUT2D eigenvalue weighted by Gasteiger charge is 2.08. The molecule has 0 aromatic heterocycles. The molecule has 6 heteroatoms. The molecule has 0 aliphatic carbocycles. The summed E-state index contributed by atoms with van der Waals surface area (Å²) in [4.78, 5) is 0. The maximum absolute atomic E-state index is 8.89. The minimum atomic E-state index is 0.396. The van der Waals surface area contributed by atoms with Crippen LogP contribution in [0, 0.1) is 0 Å². The first kappa shape index (κ1) is 17.0. The van der Waals surface area contributed by atoms with Gasteiger partial charge in [0.25, 0.3) is 0 Å². The van der Waals surface area contributed by atoms with Crippen molar-refractivity contribution in [2.24, 2.45) is 10.3 Å². The first-order valence-electron chi connectivity index (χ1n) is 6.88. The Balaban J connectivity index is 2.27. The van der Waals surface area contributed by atoms with E-state index in [0.29, 0.717) is 43.9 Å². The van der Waals surface area contributed by atoms with Crippen molar-refractivity contribution in [1.29, 1.82) is 0 Å². The number of rotatable bonds is 9. The molecule has 0 saturated carbocycles. The highest BCUT2D eigenvalue weighted by atomic mass is 16.5. The molecule has 0 saturated heterocycles. The van der Waals surface area contributed by atoms with Crippen molar-refractivity contribution in [3.05, 3.63) is 29.8 Å². The molecular formula is C15H22N2O4. The fourth-order valence-corrected chi connectivity index (χ4v) is 1.84. The van der Waals surface area contributed by atoms with Crippen LogP contribution in [-0.4, -0.2) is 35.6 Å². The van der Waals surface area contributed by atoms with Crippen molar-refractivity contribution >= 4 is 11.4 Å². The largest absolute Gasteiger partial charge is 0.497 e. The van der Waals surface area contributed by atoms with Gasteiger partial charge < -0.3 is 19.9 Å². The lowest BCUT2D eigenvalue weighted by atomic mass is 10.1. The first-order chi connectivity index (χ1) is 10.2. The lowest BCUT2D eigenvalue weighted by Crippen LogP contribution is -2.14. The summed E-state index contributed by atoms with van der Waals surface area (Å²) in [5.74, 6) is 0.818. The molecule has 0 radical (unpaired) electrons. The van der Waals surface area contributed by atoms with Gasteiger partial charge >= 0.3 is 0 Å². The molecule has 0 heterocycles. The summed E-state index contributed by atoms with van der Waals surface area (Å²) in [7, 11) is 1.63. The Bertz CT molecular complexity index is 469. The van der Waals surface area contributed by atoms with Gasteiger partial charge in [0.1, 0.15) is 17.2 Å². The zero-order valence-electron chi connectivity index (χ0n) is 12.5. The molecule has 0 fully saturated rings. The number of nitrogens with zero attached hydrogens (tertiary/aromatic N) is 2. The number of hydrogen-bond donors (Lipinski definition) is 2. The average molecular weight is 294 g/mol. The Kier molecular flexibility index (Phi) is 7.89. The maximum atomic E-state index is 8.89. The van der Waals surface area contributed by atoms with Crippen molar-refractivity contribution < 1.29 is 19.9 Å². The quantitative estimate of drug-likeness (QED) is 0.317. The van der Waals surface area contributed by atoms with E-state index in [-0.39, 0.29) is 0 Å². The number of ether oxygens (including phenoxy) is 2. The molecule has 0 unspecified atom stereocenters. The van der Waals surface area contributed by atoms with Crippen LogP contribution < -0.4 is 4.74 Å². The second-order valence-corrected chi connectivity index (χ2v) is 4.45. The molecule has 1 rings (SSSR count). The van der Waals surface area contributed by atoms with Crippen molar-refractivity contribution in [3.63, 3.8) is 0 Å². The fourth-order valence-electron chi connectivity index (χ4n) is 1.84. The molecule has 0 atom stereocenters. The molecule has 6 nitrogen and oxygen atoms in total. The van der Waals surface area contributed by atoms with E-state index in [4.69, 9.17) is 19.9 Å². The van der Waals surface area contributed by atoms with E-state index in [1.54, 1.807) is 7.11 Å². The van der Waals surface area contributed by atoms with Gasteiger partial charge in [-0.2, -0.15) is 0 Å². The van der Waals surface area contributed by atoms with Crippen molar-refractivity contribution in [1.82, 2.24) is 0 Å². The molecule has 21 heavy (non-hydrogen) atoms. The smallest absolute Gasteiger partial charge is 0.118 e. The molecular weight excluding hydrogens is 272 g/mol. The maximum Gasteiger partial charge on any atom is 0.118 e. The summed E-state index contributed by atoms with van der Waals surface area (Å²) in [6.07, 6.45) is 1.71. The first-order valence-corrected chi connectivity index (χ1v) is 6.88. The average Bonchev–Trinajstić information content (AvgIpc) is 2.54. The predicted octanol–water partition coefficient (Wildman–Crippen LogP) is 3.06. The Morgan fingerprint density at radius 1 is 1.10 bits per heavy atom. The van der Waals surface area contributed by atoms with Gasteiger partial charge in [-0.1, -0.05) is 29.4 Å². The van der Waals surface area contributed by atoms with Crippen LogP contribution in [0.2, 0.25) is 0 Å². The molecule has 0 aliphatic heterocycles. The second-order valence-electron chi connectivity index (χ2n) is 4.45. The van der Waals surface area contributed by atoms with Crippen LogP contribution in [0.4, 0.5) is 0 Å². The van der Waals surface area contributed by atoms with Gasteiger partial charge in [-0.25, -0.2) is 0 Å². The van der Waals surface area contributed by atoms with Crippen molar-refractivity contribution in [2.45, 2.75) is 32.8 Å². The molecule has 116 valence electrons. The molecule has 0 spiro atoms. The number of benzene rings is 1. The monoisotopic (exact) mass is 294 g/mol. The van der Waals surface area contributed by atoms with Crippen LogP contribution in [0.5, 0.6) is 5.75 Å². The van der Waals surface area contributed by atoms with Crippen LogP contribution >= 0.6 is 0 Å². The minimum Gasteiger partial charge on any atom is -0.497 e. The number of oxime groups is 2. The third kappa shape index (κ3) is 5.83. The third-order valence-electron chi connectivity index (χ3n) is 3.04. The highest BCUT2D eigenvalue weighted by Crippen LogP contribution is 2.12. The van der Waals surface area contributed by atoms with Gasteiger partial charge in [0.05, 0.1) is 13.7 Å². The van der Waals surface area contributed by atoms with Crippen molar-refractivity contribution in [2.75, 3.05) is 13.7 Å². The summed E-state index contributed by atoms with van der Waals surface area (Å²) in [6.45, 7) is 2.89. The van der Waals surface area contributed by atoms with Crippen LogP contribution in [0.1, 0.15) is 31.7 Å². The standard InChI is InChI=1S/C15H22N2O4/c1-3-14(16-18)15(17-19)5-4-10-21-11-12-6-8-13(20-2)9-7-12/h6-9,18-19H,3-5,10-11H2,1-2H3/b16-14-,17-15-. The van der Waals surface area contributed by atoms with E-state index in [0.717, 1.165) is 11.3 Å². The Morgan fingerprint density at radius 2 is 1.76 bits per heavy atom. The van der Waals surface area contributed by atoms with Crippen LogP contribution in [0.15, 0.2) is 34.6 Å². The van der Waals surface area contributed by atoms with Crippen LogP contribution in [0.3, 0.4) is 0 Å². The third-order valence-corrected chi connectivity index (χ3v) is 3.04. The molecule has 0 amide bonds. The van der Waals surface area contributed by atoms with Crippen LogP contribution in [0.25, 0.3) is 0 Å². The van der Waals surface area contributed by atoms with Gasteiger partial charge in [-0.15, -0.1) is 0 Å². The van der Waals surface area contributed by atoms with E-state index in [2.05, 4.69) is 10.3 Å². The highest BCUT2D eigenvalue weighted by molar-refractivity contribution is 6.41. The molecule has 1 aromatic carbocycles. The minimum absolute atomic E-state index is 0.396. The molecule has 2 N–H and O–H groups in total. The summed E-state index contributed by atoms with van der Waals surface area (Å²) in [6, 6.07) is 7.68. The molecule has 1 aromatic rings. The van der Waals surface area contributed by atoms with E-state index >= 15 is 0 Å². The fraction of sp³-hybridized carbons (Fsp3) is 0.467. The zero-order chi connectivity index (χ0) is 15.5. The van der Waals surface area contributed by atoms with Gasteiger partial charge in [-0.05, 0) is 37.0 Å². The topological polar surface area (TPSA) is 83.6 Å². The van der Waals surface area contributed by atoms with Gasteiger partial charge in [0, 0.05) is 6.61 Å². The van der Waals surface area contributed by atoms with E-state index in [1.165, 1.54) is 0 Å². The number of methoxy groups -OCH3 is 1. The lowest BCUT2D eigenvalue weighted by molar-refractivity contribution is 0.119. The Morgan fingerprint density at radius 3 is 2.29 bits per heavy atom. The molecule has 0 aliphatic rings. The van der Waals surface area contributed by atoms with Gasteiger partial charge in [-0.3, -0.25) is 0 Å². The van der Waals surface area contributed by atoms with Gasteiger partial charge in [0.15, 0.2) is 0 Å².